The third-order valence-electron chi connectivity index (χ3n) is 6.12. The van der Waals surface area contributed by atoms with Crippen molar-refractivity contribution in [2.75, 3.05) is 5.32 Å². The van der Waals surface area contributed by atoms with E-state index >= 15 is 0 Å². The van der Waals surface area contributed by atoms with Gasteiger partial charge in [0.2, 0.25) is 0 Å². The van der Waals surface area contributed by atoms with Gasteiger partial charge >= 0.3 is 0 Å². The molecule has 4 rings (SSSR count). The number of fused-ring (bicyclic) bond motifs is 2. The lowest BCUT2D eigenvalue weighted by Gasteiger charge is -2.57. The maximum atomic E-state index is 15.0. The Kier molecular flexibility index (Phi) is 5.49. The van der Waals surface area contributed by atoms with Crippen LogP contribution < -0.4 is 11.1 Å². The van der Waals surface area contributed by atoms with Gasteiger partial charge in [-0.25, -0.2) is 9.37 Å². The third-order valence-corrected chi connectivity index (χ3v) is 9.17. The molecule has 3 heterocycles. The van der Waals surface area contributed by atoms with E-state index in [1.165, 1.54) is 24.4 Å². The third kappa shape index (κ3) is 3.69. The van der Waals surface area contributed by atoms with Crippen LogP contribution in [0.4, 0.5) is 10.1 Å². The smallest absolute Gasteiger partial charge is 0.274 e. The van der Waals surface area contributed by atoms with Gasteiger partial charge in [-0.1, -0.05) is 11.6 Å². The van der Waals surface area contributed by atoms with Crippen LogP contribution in [0.2, 0.25) is 5.02 Å². The van der Waals surface area contributed by atoms with E-state index in [0.29, 0.717) is 29.1 Å². The average Bonchev–Trinajstić information content (AvgIpc) is 2.67. The summed E-state index contributed by atoms with van der Waals surface area (Å²) >= 11 is 5.90. The second-order valence-electron chi connectivity index (χ2n) is 8.20. The summed E-state index contributed by atoms with van der Waals surface area (Å²) in [5, 5.41) is 1.89. The van der Waals surface area contributed by atoms with Gasteiger partial charge in [-0.05, 0) is 62.9 Å². The van der Waals surface area contributed by atoms with Crippen molar-refractivity contribution < 1.29 is 18.3 Å². The van der Waals surface area contributed by atoms with Crippen molar-refractivity contribution in [3.05, 3.63) is 58.1 Å². The second-order valence-corrected chi connectivity index (χ2v) is 11.1. The van der Waals surface area contributed by atoms with Crippen LogP contribution in [0.5, 0.6) is 0 Å². The zero-order chi connectivity index (χ0) is 22.6. The van der Waals surface area contributed by atoms with Gasteiger partial charge in [-0.15, -0.1) is 0 Å². The largest absolute Gasteiger partial charge is 0.386 e. The lowest BCUT2D eigenvalue weighted by Crippen LogP contribution is -2.54. The summed E-state index contributed by atoms with van der Waals surface area (Å²) in [5.74, 6) is -0.893. The maximum Gasteiger partial charge on any atom is 0.274 e. The van der Waals surface area contributed by atoms with Gasteiger partial charge < -0.3 is 11.1 Å². The van der Waals surface area contributed by atoms with Crippen LogP contribution in [0.15, 0.2) is 35.5 Å². The minimum absolute atomic E-state index is 0.133. The summed E-state index contributed by atoms with van der Waals surface area (Å²) in [6.45, 7) is 3.38. The minimum Gasteiger partial charge on any atom is -0.386 e. The molecule has 3 atom stereocenters. The Morgan fingerprint density at radius 1 is 1.35 bits per heavy atom. The van der Waals surface area contributed by atoms with Gasteiger partial charge in [-0.3, -0.25) is 18.9 Å². The number of hydrogen-bond donors (Lipinski definition) is 4. The normalized spacial score (nSPS) is 27.9. The number of carbonyl (C=O) groups excluding carboxylic acids is 1. The molecule has 1 aromatic carbocycles. The van der Waals surface area contributed by atoms with Crippen molar-refractivity contribution in [3.63, 3.8) is 0 Å². The monoisotopic (exact) mass is 466 g/mol. The standard InChI is InChI=1S/C21H24ClFN4O3S/c1-11-8-12(22)10-25-18(11)20(28)26-13-6-7-15(23)14(9-13)21(2)17-5-3-4-16(19(24)27-21)31(17,29)30/h6-10,16-17,29-30H,3-5H2,1-2H3,(H2,24,27)(H,26,28)/t16-,17+,21+/m0/s1. The van der Waals surface area contributed by atoms with Crippen molar-refractivity contribution in [1.82, 2.24) is 4.98 Å². The highest BCUT2D eigenvalue weighted by Gasteiger charge is 2.54. The topological polar surface area (TPSA) is 121 Å². The maximum absolute atomic E-state index is 15.0. The van der Waals surface area contributed by atoms with Crippen LogP contribution in [-0.2, 0) is 5.54 Å². The van der Waals surface area contributed by atoms with Crippen molar-refractivity contribution in [1.29, 1.82) is 0 Å². The number of nitrogens with two attached hydrogens (primary N) is 1. The number of aromatic nitrogens is 1. The first-order valence-electron chi connectivity index (χ1n) is 9.88. The van der Waals surface area contributed by atoms with Crippen molar-refractivity contribution >= 4 is 39.6 Å². The van der Waals surface area contributed by atoms with Gasteiger partial charge in [0.15, 0.2) is 0 Å². The number of pyridine rings is 1. The number of amidine groups is 1. The van der Waals surface area contributed by atoms with E-state index in [0.717, 1.165) is 6.42 Å². The Hall–Kier alpha value is -2.20. The SMILES string of the molecule is Cc1cc(Cl)cnc1C(=O)Nc1ccc(F)c([C@@]2(C)N=C(N)[C@@H]3CCC[C@H]2S3(O)O)c1. The van der Waals surface area contributed by atoms with Crippen LogP contribution in [-0.4, -0.2) is 36.3 Å². The molecular weight excluding hydrogens is 443 g/mol. The molecule has 31 heavy (non-hydrogen) atoms. The molecule has 2 aromatic rings. The molecule has 0 spiro atoms. The summed E-state index contributed by atoms with van der Waals surface area (Å²) in [6, 6.07) is 5.76. The van der Waals surface area contributed by atoms with Crippen LogP contribution >= 0.6 is 22.2 Å². The molecule has 2 aliphatic rings. The first-order valence-corrected chi connectivity index (χ1v) is 11.9. The number of aliphatic imine (C=N–C) groups is 1. The molecule has 166 valence electrons. The van der Waals surface area contributed by atoms with E-state index in [1.54, 1.807) is 19.9 Å². The van der Waals surface area contributed by atoms with Crippen LogP contribution in [0.1, 0.15) is 47.8 Å². The van der Waals surface area contributed by atoms with Gasteiger partial charge in [0.05, 0.1) is 10.3 Å². The predicted molar refractivity (Wildman–Crippen MR) is 122 cm³/mol. The molecule has 1 amide bonds. The zero-order valence-corrected chi connectivity index (χ0v) is 18.7. The van der Waals surface area contributed by atoms with E-state index in [1.807, 2.05) is 0 Å². The van der Waals surface area contributed by atoms with Crippen molar-refractivity contribution in [3.8, 4) is 0 Å². The van der Waals surface area contributed by atoms with Crippen LogP contribution in [0.25, 0.3) is 0 Å². The molecule has 1 saturated heterocycles. The lowest BCUT2D eigenvalue weighted by molar-refractivity contribution is 0.102. The average molecular weight is 467 g/mol. The molecule has 2 aliphatic heterocycles. The van der Waals surface area contributed by atoms with E-state index in [4.69, 9.17) is 17.3 Å². The molecule has 0 aliphatic carbocycles. The molecule has 1 fully saturated rings. The van der Waals surface area contributed by atoms with E-state index in [2.05, 4.69) is 15.3 Å². The Labute approximate surface area is 186 Å². The zero-order valence-electron chi connectivity index (χ0n) is 17.1. The molecule has 0 saturated carbocycles. The molecule has 10 heteroatoms. The van der Waals surface area contributed by atoms with Crippen LogP contribution in [0.3, 0.4) is 0 Å². The van der Waals surface area contributed by atoms with Crippen molar-refractivity contribution in [2.45, 2.75) is 49.1 Å². The minimum atomic E-state index is -3.11. The Morgan fingerprint density at radius 2 is 2.10 bits per heavy atom. The molecule has 2 bridgehead atoms. The van der Waals surface area contributed by atoms with Crippen molar-refractivity contribution in [2.24, 2.45) is 10.7 Å². The molecule has 1 aromatic heterocycles. The highest BCUT2D eigenvalue weighted by Crippen LogP contribution is 2.64. The highest BCUT2D eigenvalue weighted by molar-refractivity contribution is 8.26. The first-order chi connectivity index (χ1) is 14.5. The Balaban J connectivity index is 1.72. The number of nitrogens with zero attached hydrogens (tertiary/aromatic N) is 2. The Bertz CT molecular complexity index is 1100. The van der Waals surface area contributed by atoms with E-state index in [-0.39, 0.29) is 17.1 Å². The fraction of sp³-hybridized carbons (Fsp3) is 0.381. The molecule has 0 radical (unpaired) electrons. The Morgan fingerprint density at radius 3 is 2.81 bits per heavy atom. The first kappa shape index (κ1) is 22.0. The fourth-order valence-corrected chi connectivity index (χ4v) is 7.48. The number of nitrogens with one attached hydrogen (secondary N) is 1. The summed E-state index contributed by atoms with van der Waals surface area (Å²) in [4.78, 5) is 21.3. The molecular formula is C21H24ClFN4O3S. The van der Waals surface area contributed by atoms with Gasteiger partial charge in [0.1, 0.15) is 28.1 Å². The number of hydrogen-bond acceptors (Lipinski definition) is 6. The second kappa shape index (κ2) is 7.74. The summed E-state index contributed by atoms with van der Waals surface area (Å²) in [7, 11) is -3.11. The van der Waals surface area contributed by atoms with Gasteiger partial charge in [-0.2, -0.15) is 10.6 Å². The molecule has 7 nitrogen and oxygen atoms in total. The summed E-state index contributed by atoms with van der Waals surface area (Å²) < 4.78 is 36.8. The highest BCUT2D eigenvalue weighted by atomic mass is 35.5. The number of halogens is 2. The lowest BCUT2D eigenvalue weighted by atomic mass is 9.84. The molecule has 0 unspecified atom stereocenters. The summed E-state index contributed by atoms with van der Waals surface area (Å²) in [5.41, 5.74) is 6.11. The summed E-state index contributed by atoms with van der Waals surface area (Å²) in [6.07, 6.45) is 3.17. The fourth-order valence-electron chi connectivity index (χ4n) is 4.58. The number of anilines is 1. The number of aryl methyl sites for hydroxylation is 1. The van der Waals surface area contributed by atoms with Gasteiger partial charge in [0.25, 0.3) is 5.91 Å². The number of rotatable bonds is 3. The number of carbonyl (C=O) groups is 1. The van der Waals surface area contributed by atoms with E-state index in [9.17, 15) is 18.3 Å². The predicted octanol–water partition coefficient (Wildman–Crippen LogP) is 4.69. The molecule has 5 N–H and O–H groups in total. The van der Waals surface area contributed by atoms with Gasteiger partial charge in [0, 0.05) is 17.4 Å². The van der Waals surface area contributed by atoms with Crippen LogP contribution in [0, 0.1) is 12.7 Å². The quantitative estimate of drug-likeness (QED) is 0.522. The number of amides is 1. The number of benzene rings is 1. The van der Waals surface area contributed by atoms with E-state index < -0.39 is 38.4 Å².